The van der Waals surface area contributed by atoms with Gasteiger partial charge in [0.25, 0.3) is 0 Å². The van der Waals surface area contributed by atoms with Gasteiger partial charge in [-0.3, -0.25) is 4.79 Å². The standard InChI is InChI=1S/C17H19ClN2O/c18-17-14(11-13-7-4-5-8-15(13)19-17)12-20-10-6-2-1-3-9-16(20)21/h4-5,7-8,11H,1-3,6,9-10,12H2. The third-order valence-corrected chi connectivity index (χ3v) is 4.36. The first-order chi connectivity index (χ1) is 10.2. The Bertz CT molecular complexity index is 656. The number of hydrogen-bond donors (Lipinski definition) is 0. The summed E-state index contributed by atoms with van der Waals surface area (Å²) in [5.41, 5.74) is 1.83. The number of amides is 1. The van der Waals surface area contributed by atoms with Crippen LogP contribution in [0.5, 0.6) is 0 Å². The van der Waals surface area contributed by atoms with Crippen LogP contribution in [0.4, 0.5) is 0 Å². The van der Waals surface area contributed by atoms with E-state index in [0.717, 1.165) is 42.3 Å². The van der Waals surface area contributed by atoms with Crippen molar-refractivity contribution in [3.63, 3.8) is 0 Å². The number of carbonyl (C=O) groups is 1. The quantitative estimate of drug-likeness (QED) is 0.780. The maximum atomic E-state index is 12.2. The molecule has 2 aromatic rings. The van der Waals surface area contributed by atoms with Crippen LogP contribution in [-0.4, -0.2) is 22.3 Å². The molecule has 0 saturated carbocycles. The lowest BCUT2D eigenvalue weighted by molar-refractivity contribution is -0.132. The van der Waals surface area contributed by atoms with Gasteiger partial charge >= 0.3 is 0 Å². The first-order valence-corrected chi connectivity index (χ1v) is 7.94. The van der Waals surface area contributed by atoms with Gasteiger partial charge in [0.05, 0.1) is 5.52 Å². The van der Waals surface area contributed by atoms with Crippen LogP contribution in [-0.2, 0) is 11.3 Å². The molecule has 1 aromatic heterocycles. The first-order valence-electron chi connectivity index (χ1n) is 7.56. The average Bonchev–Trinajstić information content (AvgIpc) is 2.47. The Hall–Kier alpha value is -1.61. The monoisotopic (exact) mass is 302 g/mol. The van der Waals surface area contributed by atoms with E-state index < -0.39 is 0 Å². The minimum Gasteiger partial charge on any atom is -0.338 e. The summed E-state index contributed by atoms with van der Waals surface area (Å²) in [5, 5.41) is 1.57. The van der Waals surface area contributed by atoms with Crippen LogP contribution in [0.3, 0.4) is 0 Å². The van der Waals surface area contributed by atoms with Gasteiger partial charge in [0, 0.05) is 30.5 Å². The number of nitrogens with zero attached hydrogens (tertiary/aromatic N) is 2. The zero-order valence-corrected chi connectivity index (χ0v) is 12.8. The lowest BCUT2D eigenvalue weighted by Gasteiger charge is -2.25. The highest BCUT2D eigenvalue weighted by Gasteiger charge is 2.17. The largest absolute Gasteiger partial charge is 0.338 e. The molecule has 1 saturated heterocycles. The fraction of sp³-hybridized carbons (Fsp3) is 0.412. The molecular weight excluding hydrogens is 284 g/mol. The molecule has 3 rings (SSSR count). The maximum Gasteiger partial charge on any atom is 0.222 e. The van der Waals surface area contributed by atoms with Gasteiger partial charge < -0.3 is 4.90 Å². The lowest BCUT2D eigenvalue weighted by Crippen LogP contribution is -2.32. The summed E-state index contributed by atoms with van der Waals surface area (Å²) in [6, 6.07) is 9.97. The van der Waals surface area contributed by atoms with Crippen molar-refractivity contribution in [1.82, 2.24) is 9.88 Å². The topological polar surface area (TPSA) is 33.2 Å². The Morgan fingerprint density at radius 1 is 1.14 bits per heavy atom. The number of benzene rings is 1. The van der Waals surface area contributed by atoms with Gasteiger partial charge in [-0.2, -0.15) is 0 Å². The molecule has 0 spiro atoms. The molecule has 110 valence electrons. The van der Waals surface area contributed by atoms with Crippen molar-refractivity contribution in [2.45, 2.75) is 38.6 Å². The second-order valence-electron chi connectivity index (χ2n) is 5.61. The van der Waals surface area contributed by atoms with E-state index in [1.807, 2.05) is 29.2 Å². The molecule has 0 bridgehead atoms. The highest BCUT2D eigenvalue weighted by molar-refractivity contribution is 6.30. The van der Waals surface area contributed by atoms with Crippen LogP contribution in [0.15, 0.2) is 30.3 Å². The fourth-order valence-corrected chi connectivity index (χ4v) is 3.04. The Morgan fingerprint density at radius 3 is 2.86 bits per heavy atom. The van der Waals surface area contributed by atoms with Crippen molar-refractivity contribution in [3.8, 4) is 0 Å². The number of aromatic nitrogens is 1. The number of fused-ring (bicyclic) bond motifs is 1. The predicted molar refractivity (Wildman–Crippen MR) is 85.3 cm³/mol. The summed E-state index contributed by atoms with van der Waals surface area (Å²) < 4.78 is 0. The number of halogens is 1. The van der Waals surface area contributed by atoms with Gasteiger partial charge in [0.15, 0.2) is 0 Å². The van der Waals surface area contributed by atoms with Crippen molar-refractivity contribution in [3.05, 3.63) is 41.0 Å². The molecule has 0 atom stereocenters. The summed E-state index contributed by atoms with van der Waals surface area (Å²) in [4.78, 5) is 18.6. The van der Waals surface area contributed by atoms with E-state index in [1.165, 1.54) is 6.42 Å². The van der Waals surface area contributed by atoms with Crippen molar-refractivity contribution >= 4 is 28.4 Å². The number of hydrogen-bond acceptors (Lipinski definition) is 2. The van der Waals surface area contributed by atoms with E-state index in [1.54, 1.807) is 0 Å². The van der Waals surface area contributed by atoms with Crippen molar-refractivity contribution in [1.29, 1.82) is 0 Å². The van der Waals surface area contributed by atoms with Gasteiger partial charge in [-0.15, -0.1) is 0 Å². The first kappa shape index (κ1) is 14.3. The molecular formula is C17H19ClN2O. The molecule has 3 nitrogen and oxygen atoms in total. The summed E-state index contributed by atoms with van der Waals surface area (Å²) in [7, 11) is 0. The van der Waals surface area contributed by atoms with Crippen molar-refractivity contribution in [2.75, 3.05) is 6.54 Å². The van der Waals surface area contributed by atoms with Crippen LogP contribution in [0, 0.1) is 0 Å². The summed E-state index contributed by atoms with van der Waals surface area (Å²) >= 11 is 6.29. The zero-order chi connectivity index (χ0) is 14.7. The van der Waals surface area contributed by atoms with E-state index in [0.29, 0.717) is 18.1 Å². The Kier molecular flexibility index (Phi) is 4.39. The Labute approximate surface area is 129 Å². The molecule has 2 heterocycles. The molecule has 21 heavy (non-hydrogen) atoms. The van der Waals surface area contributed by atoms with Crippen LogP contribution in [0.1, 0.15) is 37.7 Å². The Balaban J connectivity index is 1.85. The highest BCUT2D eigenvalue weighted by atomic mass is 35.5. The number of likely N-dealkylation sites (tertiary alicyclic amines) is 1. The molecule has 1 amide bonds. The lowest BCUT2D eigenvalue weighted by atomic mass is 10.1. The molecule has 0 unspecified atom stereocenters. The van der Waals surface area contributed by atoms with Crippen LogP contribution < -0.4 is 0 Å². The second kappa shape index (κ2) is 6.44. The summed E-state index contributed by atoms with van der Waals surface area (Å²) in [6.07, 6.45) is 5.09. The smallest absolute Gasteiger partial charge is 0.222 e. The zero-order valence-electron chi connectivity index (χ0n) is 12.0. The van der Waals surface area contributed by atoms with Crippen molar-refractivity contribution in [2.24, 2.45) is 0 Å². The van der Waals surface area contributed by atoms with Crippen LogP contribution in [0.25, 0.3) is 10.9 Å². The van der Waals surface area contributed by atoms with Gasteiger partial charge in [-0.25, -0.2) is 4.98 Å². The third kappa shape index (κ3) is 3.35. The van der Waals surface area contributed by atoms with E-state index in [-0.39, 0.29) is 5.91 Å². The molecule has 1 aliphatic heterocycles. The second-order valence-corrected chi connectivity index (χ2v) is 5.97. The third-order valence-electron chi connectivity index (χ3n) is 4.03. The van der Waals surface area contributed by atoms with Crippen molar-refractivity contribution < 1.29 is 4.79 Å². The molecule has 4 heteroatoms. The normalized spacial score (nSPS) is 16.8. The Morgan fingerprint density at radius 2 is 1.95 bits per heavy atom. The number of para-hydroxylation sites is 1. The van der Waals surface area contributed by atoms with E-state index in [9.17, 15) is 4.79 Å². The predicted octanol–water partition coefficient (Wildman–Crippen LogP) is 4.18. The van der Waals surface area contributed by atoms with Gasteiger partial charge in [-0.1, -0.05) is 42.6 Å². The van der Waals surface area contributed by atoms with E-state index in [2.05, 4.69) is 11.1 Å². The van der Waals surface area contributed by atoms with Gasteiger partial charge in [0.1, 0.15) is 5.15 Å². The molecule has 1 aliphatic rings. The van der Waals surface area contributed by atoms with Crippen LogP contribution in [0.2, 0.25) is 5.15 Å². The minimum atomic E-state index is 0.235. The number of rotatable bonds is 2. The minimum absolute atomic E-state index is 0.235. The summed E-state index contributed by atoms with van der Waals surface area (Å²) in [5.74, 6) is 0.235. The van der Waals surface area contributed by atoms with E-state index >= 15 is 0 Å². The molecule has 0 N–H and O–H groups in total. The maximum absolute atomic E-state index is 12.2. The van der Waals surface area contributed by atoms with Crippen LogP contribution >= 0.6 is 11.6 Å². The van der Waals surface area contributed by atoms with E-state index in [4.69, 9.17) is 11.6 Å². The number of carbonyl (C=O) groups excluding carboxylic acids is 1. The molecule has 1 fully saturated rings. The van der Waals surface area contributed by atoms with Gasteiger partial charge in [0.2, 0.25) is 5.91 Å². The molecule has 0 radical (unpaired) electrons. The molecule has 1 aromatic carbocycles. The SMILES string of the molecule is O=C1CCCCCCN1Cc1cc2ccccc2nc1Cl. The average molecular weight is 303 g/mol. The molecule has 0 aliphatic carbocycles. The number of pyridine rings is 1. The van der Waals surface area contributed by atoms with Gasteiger partial charge in [-0.05, 0) is 25.0 Å². The summed E-state index contributed by atoms with van der Waals surface area (Å²) in [6.45, 7) is 1.39. The fourth-order valence-electron chi connectivity index (χ4n) is 2.84. The highest BCUT2D eigenvalue weighted by Crippen LogP contribution is 2.23.